The first-order valence-corrected chi connectivity index (χ1v) is 7.04. The number of nitrogen functional groups attached to an aromatic ring is 1. The standard InChI is InChI=1S/C14H16N4S/c1-14(2,3)10-6-4-9(5-7-10)11-8-19-13-16-12(15)17-18(11)13/h4-8H,1-3H3,(H2,15,17). The SMILES string of the molecule is CC(C)(C)c1ccc(-c2csc3nc(N)nn23)cc1. The van der Waals surface area contributed by atoms with E-state index in [1.807, 2.05) is 0 Å². The summed E-state index contributed by atoms with van der Waals surface area (Å²) in [6.07, 6.45) is 0. The van der Waals surface area contributed by atoms with Crippen LogP contribution in [0.1, 0.15) is 26.3 Å². The van der Waals surface area contributed by atoms with Gasteiger partial charge in [-0.05, 0) is 11.0 Å². The Morgan fingerprint density at radius 1 is 1.16 bits per heavy atom. The van der Waals surface area contributed by atoms with Crippen molar-refractivity contribution >= 4 is 22.2 Å². The minimum Gasteiger partial charge on any atom is -0.366 e. The normalized spacial score (nSPS) is 12.2. The topological polar surface area (TPSA) is 56.2 Å². The van der Waals surface area contributed by atoms with Crippen LogP contribution in [0.5, 0.6) is 0 Å². The van der Waals surface area contributed by atoms with Crippen LogP contribution in [0.15, 0.2) is 29.6 Å². The minimum atomic E-state index is 0.167. The Kier molecular flexibility index (Phi) is 2.60. The summed E-state index contributed by atoms with van der Waals surface area (Å²) in [6.45, 7) is 6.63. The number of rotatable bonds is 1. The molecule has 5 heteroatoms. The second-order valence-corrected chi connectivity index (χ2v) is 6.45. The third-order valence-corrected chi connectivity index (χ3v) is 3.96. The smallest absolute Gasteiger partial charge is 0.241 e. The summed E-state index contributed by atoms with van der Waals surface area (Å²) in [6, 6.07) is 8.58. The molecule has 0 amide bonds. The number of nitrogens with two attached hydrogens (primary N) is 1. The van der Waals surface area contributed by atoms with Crippen molar-refractivity contribution in [1.29, 1.82) is 0 Å². The predicted octanol–water partition coefficient (Wildman–Crippen LogP) is 3.34. The van der Waals surface area contributed by atoms with E-state index < -0.39 is 0 Å². The molecule has 0 saturated heterocycles. The fourth-order valence-electron chi connectivity index (χ4n) is 2.04. The molecule has 3 aromatic rings. The van der Waals surface area contributed by atoms with E-state index in [1.165, 1.54) is 5.56 Å². The van der Waals surface area contributed by atoms with Gasteiger partial charge in [0.05, 0.1) is 5.69 Å². The third-order valence-electron chi connectivity index (χ3n) is 3.14. The van der Waals surface area contributed by atoms with Crippen molar-refractivity contribution < 1.29 is 0 Å². The molecule has 0 radical (unpaired) electrons. The average molecular weight is 272 g/mol. The highest BCUT2D eigenvalue weighted by molar-refractivity contribution is 7.15. The average Bonchev–Trinajstić information content (AvgIpc) is 2.86. The molecule has 0 aliphatic rings. The third kappa shape index (κ3) is 2.10. The molecular formula is C14H16N4S. The zero-order chi connectivity index (χ0) is 13.6. The van der Waals surface area contributed by atoms with Gasteiger partial charge < -0.3 is 5.73 Å². The zero-order valence-corrected chi connectivity index (χ0v) is 12.0. The van der Waals surface area contributed by atoms with Gasteiger partial charge in [-0.15, -0.1) is 16.4 Å². The fourth-order valence-corrected chi connectivity index (χ4v) is 2.87. The Hall–Kier alpha value is -1.88. The lowest BCUT2D eigenvalue weighted by Gasteiger charge is -2.19. The van der Waals surface area contributed by atoms with E-state index >= 15 is 0 Å². The van der Waals surface area contributed by atoms with E-state index in [9.17, 15) is 0 Å². The van der Waals surface area contributed by atoms with Crippen LogP contribution in [0.4, 0.5) is 5.95 Å². The van der Waals surface area contributed by atoms with Crippen LogP contribution < -0.4 is 5.73 Å². The summed E-state index contributed by atoms with van der Waals surface area (Å²) in [4.78, 5) is 4.99. The number of thiazole rings is 1. The molecule has 4 nitrogen and oxygen atoms in total. The zero-order valence-electron chi connectivity index (χ0n) is 11.2. The van der Waals surface area contributed by atoms with Gasteiger partial charge in [0.2, 0.25) is 10.9 Å². The van der Waals surface area contributed by atoms with Crippen molar-refractivity contribution in [1.82, 2.24) is 14.6 Å². The first-order chi connectivity index (χ1) is 8.95. The minimum absolute atomic E-state index is 0.167. The number of hydrogen-bond donors (Lipinski definition) is 1. The molecule has 0 unspecified atom stereocenters. The van der Waals surface area contributed by atoms with Gasteiger partial charge in [0.1, 0.15) is 0 Å². The largest absolute Gasteiger partial charge is 0.366 e. The highest BCUT2D eigenvalue weighted by Crippen LogP contribution is 2.28. The van der Waals surface area contributed by atoms with Crippen LogP contribution in [0.3, 0.4) is 0 Å². The molecule has 0 atom stereocenters. The Morgan fingerprint density at radius 2 is 1.84 bits per heavy atom. The van der Waals surface area contributed by atoms with E-state index in [-0.39, 0.29) is 5.41 Å². The van der Waals surface area contributed by atoms with E-state index in [4.69, 9.17) is 5.73 Å². The lowest BCUT2D eigenvalue weighted by atomic mass is 9.86. The molecule has 0 saturated carbocycles. The van der Waals surface area contributed by atoms with Crippen molar-refractivity contribution in [3.8, 4) is 11.3 Å². The lowest BCUT2D eigenvalue weighted by Crippen LogP contribution is -2.10. The highest BCUT2D eigenvalue weighted by Gasteiger charge is 2.14. The van der Waals surface area contributed by atoms with Crippen LogP contribution in [0, 0.1) is 0 Å². The summed E-state index contributed by atoms with van der Waals surface area (Å²) in [7, 11) is 0. The molecule has 0 fully saturated rings. The van der Waals surface area contributed by atoms with E-state index in [0.717, 1.165) is 16.2 Å². The monoisotopic (exact) mass is 272 g/mol. The Bertz CT molecular complexity index is 716. The molecule has 0 aliphatic heterocycles. The Labute approximate surface area is 115 Å². The molecule has 2 heterocycles. The van der Waals surface area contributed by atoms with Gasteiger partial charge in [-0.2, -0.15) is 4.98 Å². The second kappa shape index (κ2) is 4.06. The first kappa shape index (κ1) is 12.2. The number of aromatic nitrogens is 3. The van der Waals surface area contributed by atoms with Crippen LogP contribution in [0.2, 0.25) is 0 Å². The van der Waals surface area contributed by atoms with Crippen molar-refractivity contribution in [3.63, 3.8) is 0 Å². The quantitative estimate of drug-likeness (QED) is 0.739. The molecule has 19 heavy (non-hydrogen) atoms. The molecule has 3 rings (SSSR count). The van der Waals surface area contributed by atoms with Crippen molar-refractivity contribution in [3.05, 3.63) is 35.2 Å². The van der Waals surface area contributed by atoms with Gasteiger partial charge in [-0.25, -0.2) is 4.52 Å². The van der Waals surface area contributed by atoms with Gasteiger partial charge in [-0.1, -0.05) is 45.0 Å². The Morgan fingerprint density at radius 3 is 2.47 bits per heavy atom. The van der Waals surface area contributed by atoms with Gasteiger partial charge in [0.25, 0.3) is 0 Å². The summed E-state index contributed by atoms with van der Waals surface area (Å²) >= 11 is 1.55. The molecule has 0 aliphatic carbocycles. The first-order valence-electron chi connectivity index (χ1n) is 6.16. The van der Waals surface area contributed by atoms with E-state index in [0.29, 0.717) is 5.95 Å². The van der Waals surface area contributed by atoms with Crippen LogP contribution in [0.25, 0.3) is 16.2 Å². The van der Waals surface area contributed by atoms with E-state index in [1.54, 1.807) is 15.9 Å². The summed E-state index contributed by atoms with van der Waals surface area (Å²) < 4.78 is 1.80. The maximum absolute atomic E-state index is 5.63. The summed E-state index contributed by atoms with van der Waals surface area (Å²) in [5, 5.41) is 6.27. The predicted molar refractivity (Wildman–Crippen MR) is 79.4 cm³/mol. The van der Waals surface area contributed by atoms with Crippen molar-refractivity contribution in [2.24, 2.45) is 0 Å². The number of fused-ring (bicyclic) bond motifs is 1. The van der Waals surface area contributed by atoms with E-state index in [2.05, 4.69) is 60.5 Å². The highest BCUT2D eigenvalue weighted by atomic mass is 32.1. The number of benzene rings is 1. The van der Waals surface area contributed by atoms with Crippen LogP contribution >= 0.6 is 11.3 Å². The maximum Gasteiger partial charge on any atom is 0.241 e. The maximum atomic E-state index is 5.63. The number of hydrogen-bond acceptors (Lipinski definition) is 4. The molecule has 0 bridgehead atoms. The summed E-state index contributed by atoms with van der Waals surface area (Å²) in [5.41, 5.74) is 9.27. The molecule has 1 aromatic carbocycles. The second-order valence-electron chi connectivity index (χ2n) is 5.61. The molecule has 98 valence electrons. The lowest BCUT2D eigenvalue weighted by molar-refractivity contribution is 0.590. The Balaban J connectivity index is 2.07. The van der Waals surface area contributed by atoms with Crippen LogP contribution in [-0.2, 0) is 5.41 Å². The number of anilines is 1. The molecular weight excluding hydrogens is 256 g/mol. The van der Waals surface area contributed by atoms with Gasteiger partial charge in [0, 0.05) is 10.9 Å². The molecule has 2 aromatic heterocycles. The van der Waals surface area contributed by atoms with Crippen molar-refractivity contribution in [2.75, 3.05) is 5.73 Å². The van der Waals surface area contributed by atoms with Crippen molar-refractivity contribution in [2.45, 2.75) is 26.2 Å². The fraction of sp³-hybridized carbons (Fsp3) is 0.286. The summed E-state index contributed by atoms with van der Waals surface area (Å²) in [5.74, 6) is 0.319. The molecule has 2 N–H and O–H groups in total. The van der Waals surface area contributed by atoms with Gasteiger partial charge in [-0.3, -0.25) is 0 Å². The molecule has 0 spiro atoms. The number of nitrogens with zero attached hydrogens (tertiary/aromatic N) is 3. The van der Waals surface area contributed by atoms with Crippen LogP contribution in [-0.4, -0.2) is 14.6 Å². The van der Waals surface area contributed by atoms with Gasteiger partial charge >= 0.3 is 0 Å². The van der Waals surface area contributed by atoms with Gasteiger partial charge in [0.15, 0.2) is 0 Å².